The summed E-state index contributed by atoms with van der Waals surface area (Å²) in [5.74, 6) is 1.70. The fourth-order valence-corrected chi connectivity index (χ4v) is 4.31. The van der Waals surface area contributed by atoms with Crippen molar-refractivity contribution in [2.75, 3.05) is 44.3 Å². The lowest BCUT2D eigenvalue weighted by atomic mass is 9.93. The molecular weight excluding hydrogens is 260 g/mol. The van der Waals surface area contributed by atoms with E-state index in [0.29, 0.717) is 6.04 Å². The van der Waals surface area contributed by atoms with E-state index in [4.69, 9.17) is 4.74 Å². The highest BCUT2D eigenvalue weighted by atomic mass is 32.1. The molecule has 6 heteroatoms. The fourth-order valence-electron chi connectivity index (χ4n) is 3.68. The van der Waals surface area contributed by atoms with Gasteiger partial charge in [0, 0.05) is 51.4 Å². The van der Waals surface area contributed by atoms with Gasteiger partial charge in [0.1, 0.15) is 5.51 Å². The van der Waals surface area contributed by atoms with Crippen molar-refractivity contribution in [3.05, 3.63) is 5.51 Å². The summed E-state index contributed by atoms with van der Waals surface area (Å²) in [7, 11) is 0. The SMILES string of the molecule is c1nnc(N2C[C@H]3CN(CC4CCOCC4)C[C@H]32)s1. The maximum atomic E-state index is 5.44. The van der Waals surface area contributed by atoms with Crippen LogP contribution in [0.1, 0.15) is 12.8 Å². The van der Waals surface area contributed by atoms with Gasteiger partial charge in [-0.1, -0.05) is 11.3 Å². The van der Waals surface area contributed by atoms with Gasteiger partial charge in [-0.05, 0) is 18.8 Å². The van der Waals surface area contributed by atoms with Crippen LogP contribution in [-0.2, 0) is 4.74 Å². The monoisotopic (exact) mass is 280 g/mol. The Labute approximate surface area is 117 Å². The summed E-state index contributed by atoms with van der Waals surface area (Å²) in [6.45, 7) is 6.84. The van der Waals surface area contributed by atoms with E-state index in [1.165, 1.54) is 39.0 Å². The van der Waals surface area contributed by atoms with E-state index in [0.717, 1.165) is 30.2 Å². The highest BCUT2D eigenvalue weighted by Gasteiger charge is 2.46. The summed E-state index contributed by atoms with van der Waals surface area (Å²) >= 11 is 1.66. The van der Waals surface area contributed by atoms with Gasteiger partial charge < -0.3 is 14.5 Å². The van der Waals surface area contributed by atoms with Crippen molar-refractivity contribution in [1.29, 1.82) is 0 Å². The van der Waals surface area contributed by atoms with Crippen molar-refractivity contribution in [2.45, 2.75) is 18.9 Å². The fraction of sp³-hybridized carbons (Fsp3) is 0.846. The highest BCUT2D eigenvalue weighted by molar-refractivity contribution is 7.13. The molecule has 0 spiro atoms. The smallest absolute Gasteiger partial charge is 0.208 e. The zero-order valence-corrected chi connectivity index (χ0v) is 11.9. The summed E-state index contributed by atoms with van der Waals surface area (Å²) in [4.78, 5) is 5.10. The molecule has 3 aliphatic heterocycles. The number of fused-ring (bicyclic) bond motifs is 1. The average molecular weight is 280 g/mol. The van der Waals surface area contributed by atoms with E-state index in [9.17, 15) is 0 Å². The van der Waals surface area contributed by atoms with Gasteiger partial charge in [-0.25, -0.2) is 0 Å². The molecule has 2 atom stereocenters. The van der Waals surface area contributed by atoms with Crippen molar-refractivity contribution in [2.24, 2.45) is 11.8 Å². The molecular formula is C13H20N4OS. The molecule has 4 rings (SSSR count). The lowest BCUT2D eigenvalue weighted by Crippen LogP contribution is -2.55. The molecule has 1 aromatic rings. The first-order valence-corrected chi connectivity index (χ1v) is 8.11. The zero-order chi connectivity index (χ0) is 12.7. The maximum absolute atomic E-state index is 5.44. The number of aromatic nitrogens is 2. The Morgan fingerprint density at radius 2 is 2.16 bits per heavy atom. The van der Waals surface area contributed by atoms with Crippen molar-refractivity contribution >= 4 is 16.5 Å². The molecule has 1 aromatic heterocycles. The van der Waals surface area contributed by atoms with Crippen LogP contribution in [0.15, 0.2) is 5.51 Å². The van der Waals surface area contributed by atoms with Gasteiger partial charge in [0.25, 0.3) is 0 Å². The van der Waals surface area contributed by atoms with Gasteiger partial charge in [-0.3, -0.25) is 0 Å². The molecule has 0 bridgehead atoms. The number of anilines is 1. The van der Waals surface area contributed by atoms with Gasteiger partial charge in [-0.15, -0.1) is 10.2 Å². The van der Waals surface area contributed by atoms with Crippen LogP contribution in [0.3, 0.4) is 0 Å². The van der Waals surface area contributed by atoms with E-state index < -0.39 is 0 Å². The van der Waals surface area contributed by atoms with E-state index in [-0.39, 0.29) is 0 Å². The zero-order valence-electron chi connectivity index (χ0n) is 11.1. The van der Waals surface area contributed by atoms with E-state index in [1.54, 1.807) is 11.3 Å². The molecule has 0 unspecified atom stereocenters. The Morgan fingerprint density at radius 1 is 1.26 bits per heavy atom. The van der Waals surface area contributed by atoms with Gasteiger partial charge in [0.05, 0.1) is 0 Å². The Kier molecular flexibility index (Phi) is 3.17. The van der Waals surface area contributed by atoms with Crippen LogP contribution >= 0.6 is 11.3 Å². The second-order valence-corrected chi connectivity index (χ2v) is 6.79. The third-order valence-corrected chi connectivity index (χ3v) is 5.49. The molecule has 0 aromatic carbocycles. The van der Waals surface area contributed by atoms with Crippen LogP contribution in [-0.4, -0.2) is 60.5 Å². The molecule has 0 aliphatic carbocycles. The van der Waals surface area contributed by atoms with Crippen molar-refractivity contribution in [3.8, 4) is 0 Å². The topological polar surface area (TPSA) is 41.5 Å². The molecule has 0 N–H and O–H groups in total. The highest BCUT2D eigenvalue weighted by Crippen LogP contribution is 2.37. The van der Waals surface area contributed by atoms with Gasteiger partial charge in [-0.2, -0.15) is 0 Å². The van der Waals surface area contributed by atoms with E-state index in [2.05, 4.69) is 20.0 Å². The molecule has 19 heavy (non-hydrogen) atoms. The van der Waals surface area contributed by atoms with Gasteiger partial charge in [0.2, 0.25) is 5.13 Å². The van der Waals surface area contributed by atoms with Crippen LogP contribution in [0, 0.1) is 11.8 Å². The van der Waals surface area contributed by atoms with Gasteiger partial charge >= 0.3 is 0 Å². The summed E-state index contributed by atoms with van der Waals surface area (Å²) in [6.07, 6.45) is 2.48. The number of likely N-dealkylation sites (tertiary alicyclic amines) is 1. The number of nitrogens with zero attached hydrogens (tertiary/aromatic N) is 4. The molecule has 3 fully saturated rings. The second kappa shape index (κ2) is 5.00. The first-order valence-electron chi connectivity index (χ1n) is 7.23. The first kappa shape index (κ1) is 12.1. The van der Waals surface area contributed by atoms with Crippen LogP contribution in [0.25, 0.3) is 0 Å². The van der Waals surface area contributed by atoms with Crippen LogP contribution < -0.4 is 4.90 Å². The average Bonchev–Trinajstić information content (AvgIpc) is 3.03. The first-order chi connectivity index (χ1) is 9.40. The second-order valence-electron chi connectivity index (χ2n) is 5.98. The summed E-state index contributed by atoms with van der Waals surface area (Å²) in [6, 6.07) is 0.688. The summed E-state index contributed by atoms with van der Waals surface area (Å²) < 4.78 is 5.44. The number of hydrogen-bond donors (Lipinski definition) is 0. The Hall–Kier alpha value is -0.720. The summed E-state index contributed by atoms with van der Waals surface area (Å²) in [5.41, 5.74) is 1.83. The molecule has 0 radical (unpaired) electrons. The molecule has 0 amide bonds. The van der Waals surface area contributed by atoms with Crippen LogP contribution in [0.5, 0.6) is 0 Å². The van der Waals surface area contributed by atoms with Crippen LogP contribution in [0.4, 0.5) is 5.13 Å². The molecule has 0 saturated carbocycles. The Balaban J connectivity index is 1.33. The minimum absolute atomic E-state index is 0.688. The van der Waals surface area contributed by atoms with Gasteiger partial charge in [0.15, 0.2) is 0 Å². The van der Waals surface area contributed by atoms with Crippen molar-refractivity contribution in [1.82, 2.24) is 15.1 Å². The van der Waals surface area contributed by atoms with E-state index >= 15 is 0 Å². The number of rotatable bonds is 3. The quantitative estimate of drug-likeness (QED) is 0.829. The normalized spacial score (nSPS) is 32.3. The maximum Gasteiger partial charge on any atom is 0.208 e. The number of hydrogen-bond acceptors (Lipinski definition) is 6. The van der Waals surface area contributed by atoms with Crippen LogP contribution in [0.2, 0.25) is 0 Å². The Morgan fingerprint density at radius 3 is 2.95 bits per heavy atom. The number of ether oxygens (including phenoxy) is 1. The molecule has 3 aliphatic rings. The molecule has 104 valence electrons. The predicted molar refractivity (Wildman–Crippen MR) is 74.5 cm³/mol. The predicted octanol–water partition coefficient (Wildman–Crippen LogP) is 1.09. The molecule has 5 nitrogen and oxygen atoms in total. The third kappa shape index (κ3) is 2.26. The summed E-state index contributed by atoms with van der Waals surface area (Å²) in [5, 5.41) is 9.26. The third-order valence-electron chi connectivity index (χ3n) is 4.77. The largest absolute Gasteiger partial charge is 0.381 e. The molecule has 3 saturated heterocycles. The molecule has 4 heterocycles. The minimum Gasteiger partial charge on any atom is -0.381 e. The lowest BCUT2D eigenvalue weighted by Gasteiger charge is -2.43. The van der Waals surface area contributed by atoms with Crippen molar-refractivity contribution in [3.63, 3.8) is 0 Å². The van der Waals surface area contributed by atoms with E-state index in [1.807, 2.05) is 5.51 Å². The lowest BCUT2D eigenvalue weighted by molar-refractivity contribution is 0.0552. The standard InChI is InChI=1S/C13H20N4OS/c1-3-18-4-2-10(1)5-16-6-11-7-17(12(11)8-16)13-15-14-9-19-13/h9-12H,1-8H2/t11-,12-/m1/s1. The minimum atomic E-state index is 0.688. The van der Waals surface area contributed by atoms with Crippen molar-refractivity contribution < 1.29 is 4.74 Å². The Bertz CT molecular complexity index is 420.